The molecule has 0 bridgehead atoms. The zero-order valence-electron chi connectivity index (χ0n) is 17.7. The number of anilines is 1. The number of hydrogen-bond donors (Lipinski definition) is 0. The first-order valence-electron chi connectivity index (χ1n) is 10.7. The maximum Gasteiger partial charge on any atom is 0.236 e. The quantitative estimate of drug-likeness (QED) is 0.582. The standard InChI is InChI=1S/C24H27N3O2S2/c1-29-19-6-4-18(5-7-19)25-11-13-26(14-12-25)23(28)17-27-10-8-21-20(9-16-31-21)24(27)22-3-2-15-30-22/h2-7,9,15-16,24H,8,10-14,17H2,1H3. The van der Waals surface area contributed by atoms with Gasteiger partial charge in [-0.15, -0.1) is 22.7 Å². The van der Waals surface area contributed by atoms with Crippen LogP contribution in [0, 0.1) is 0 Å². The molecular weight excluding hydrogens is 426 g/mol. The molecule has 3 aromatic rings. The Morgan fingerprint density at radius 1 is 1.00 bits per heavy atom. The minimum atomic E-state index is 0.208. The third-order valence-electron chi connectivity index (χ3n) is 6.29. The molecule has 0 spiro atoms. The Kier molecular flexibility index (Phi) is 5.98. The lowest BCUT2D eigenvalue weighted by Gasteiger charge is -2.39. The topological polar surface area (TPSA) is 36.0 Å². The molecule has 4 heterocycles. The van der Waals surface area contributed by atoms with Crippen molar-refractivity contribution in [2.45, 2.75) is 12.5 Å². The first-order chi connectivity index (χ1) is 15.2. The smallest absolute Gasteiger partial charge is 0.236 e. The van der Waals surface area contributed by atoms with Crippen molar-refractivity contribution in [3.63, 3.8) is 0 Å². The average Bonchev–Trinajstić information content (AvgIpc) is 3.51. The normalized spacial score (nSPS) is 19.3. The van der Waals surface area contributed by atoms with Gasteiger partial charge in [0.15, 0.2) is 0 Å². The summed E-state index contributed by atoms with van der Waals surface area (Å²) < 4.78 is 5.25. The molecule has 1 atom stereocenters. The molecule has 0 radical (unpaired) electrons. The number of carbonyl (C=O) groups is 1. The molecule has 162 valence electrons. The lowest BCUT2D eigenvalue weighted by Crippen LogP contribution is -2.52. The van der Waals surface area contributed by atoms with Crippen molar-refractivity contribution < 1.29 is 9.53 Å². The summed E-state index contributed by atoms with van der Waals surface area (Å²) in [6.45, 7) is 4.69. The van der Waals surface area contributed by atoms with Crippen LogP contribution in [0.25, 0.3) is 0 Å². The van der Waals surface area contributed by atoms with Gasteiger partial charge < -0.3 is 14.5 Å². The van der Waals surface area contributed by atoms with E-state index in [2.05, 4.69) is 50.9 Å². The number of ether oxygens (including phenoxy) is 1. The molecular formula is C24H27N3O2S2. The van der Waals surface area contributed by atoms with Crippen LogP contribution in [0.3, 0.4) is 0 Å². The largest absolute Gasteiger partial charge is 0.497 e. The number of rotatable bonds is 5. The van der Waals surface area contributed by atoms with Crippen molar-refractivity contribution in [1.82, 2.24) is 9.80 Å². The average molecular weight is 454 g/mol. The second-order valence-electron chi connectivity index (χ2n) is 8.00. The predicted octanol–water partition coefficient (Wildman–Crippen LogP) is 4.11. The number of nitrogens with zero attached hydrogens (tertiary/aromatic N) is 3. The van der Waals surface area contributed by atoms with Crippen molar-refractivity contribution >= 4 is 34.3 Å². The van der Waals surface area contributed by atoms with Crippen molar-refractivity contribution in [3.8, 4) is 5.75 Å². The highest BCUT2D eigenvalue weighted by Gasteiger charge is 2.33. The summed E-state index contributed by atoms with van der Waals surface area (Å²) in [5.41, 5.74) is 2.57. The molecule has 1 saturated heterocycles. The van der Waals surface area contributed by atoms with Crippen LogP contribution in [-0.2, 0) is 11.2 Å². The van der Waals surface area contributed by atoms with Gasteiger partial charge in [0.05, 0.1) is 19.7 Å². The van der Waals surface area contributed by atoms with Crippen molar-refractivity contribution in [2.75, 3.05) is 51.3 Å². The molecule has 0 aliphatic carbocycles. The third-order valence-corrected chi connectivity index (χ3v) is 8.21. The number of carbonyl (C=O) groups excluding carboxylic acids is 1. The fourth-order valence-corrected chi connectivity index (χ4v) is 6.38. The summed E-state index contributed by atoms with van der Waals surface area (Å²) in [7, 11) is 1.68. The first kappa shape index (κ1) is 20.5. The Morgan fingerprint density at radius 3 is 2.52 bits per heavy atom. The number of amides is 1. The van der Waals surface area contributed by atoms with Crippen molar-refractivity contribution in [1.29, 1.82) is 0 Å². The molecule has 2 aliphatic heterocycles. The van der Waals surface area contributed by atoms with Crippen molar-refractivity contribution in [3.05, 3.63) is 68.5 Å². The van der Waals surface area contributed by atoms with Gasteiger partial charge in [0.25, 0.3) is 0 Å². The van der Waals surface area contributed by atoms with Crippen LogP contribution < -0.4 is 9.64 Å². The Hall–Kier alpha value is -2.35. The van der Waals surface area contributed by atoms with Crippen LogP contribution in [-0.4, -0.2) is 62.1 Å². The van der Waals surface area contributed by atoms with Crippen LogP contribution >= 0.6 is 22.7 Å². The minimum absolute atomic E-state index is 0.208. The number of thiophene rings is 2. The Balaban J connectivity index is 1.23. The van der Waals surface area contributed by atoms with Gasteiger partial charge in [-0.05, 0) is 59.1 Å². The second kappa shape index (κ2) is 9.02. The van der Waals surface area contributed by atoms with Crippen LogP contribution in [0.15, 0.2) is 53.2 Å². The van der Waals surface area contributed by atoms with E-state index in [4.69, 9.17) is 4.74 Å². The van der Waals surface area contributed by atoms with Gasteiger partial charge in [0.1, 0.15) is 5.75 Å². The van der Waals surface area contributed by atoms with Crippen LogP contribution in [0.2, 0.25) is 0 Å². The van der Waals surface area contributed by atoms with Gasteiger partial charge in [-0.1, -0.05) is 6.07 Å². The number of piperazine rings is 1. The molecule has 1 aromatic carbocycles. The summed E-state index contributed by atoms with van der Waals surface area (Å²) >= 11 is 3.63. The van der Waals surface area contributed by atoms with E-state index in [0.717, 1.165) is 44.9 Å². The summed E-state index contributed by atoms with van der Waals surface area (Å²) in [6, 6.07) is 14.9. The van der Waals surface area contributed by atoms with Gasteiger partial charge >= 0.3 is 0 Å². The fraction of sp³-hybridized carbons (Fsp3) is 0.375. The van der Waals surface area contributed by atoms with Crippen LogP contribution in [0.4, 0.5) is 5.69 Å². The van der Waals surface area contributed by atoms with E-state index in [1.807, 2.05) is 28.4 Å². The van der Waals surface area contributed by atoms with E-state index in [9.17, 15) is 4.79 Å². The van der Waals surface area contributed by atoms with E-state index < -0.39 is 0 Å². The molecule has 2 aromatic heterocycles. The molecule has 5 nitrogen and oxygen atoms in total. The number of benzene rings is 1. The van der Waals surface area contributed by atoms with Gasteiger partial charge in [0.2, 0.25) is 5.91 Å². The number of fused-ring (bicyclic) bond motifs is 1. The maximum atomic E-state index is 13.2. The maximum absolute atomic E-state index is 13.2. The molecule has 1 fully saturated rings. The molecule has 0 saturated carbocycles. The Labute approximate surface area is 191 Å². The number of hydrogen-bond acceptors (Lipinski definition) is 6. The van der Waals surface area contributed by atoms with E-state index >= 15 is 0 Å². The monoisotopic (exact) mass is 453 g/mol. The summed E-state index contributed by atoms with van der Waals surface area (Å²) in [5, 5.41) is 4.32. The van der Waals surface area contributed by atoms with Gasteiger partial charge in [-0.3, -0.25) is 9.69 Å². The Bertz CT molecular complexity index is 1010. The molecule has 0 N–H and O–H groups in total. The van der Waals surface area contributed by atoms with E-state index in [1.54, 1.807) is 18.4 Å². The highest BCUT2D eigenvalue weighted by Crippen LogP contribution is 2.39. The predicted molar refractivity (Wildman–Crippen MR) is 128 cm³/mol. The lowest BCUT2D eigenvalue weighted by atomic mass is 9.98. The molecule has 7 heteroatoms. The highest BCUT2D eigenvalue weighted by molar-refractivity contribution is 7.10. The first-order valence-corrected chi connectivity index (χ1v) is 12.5. The van der Waals surface area contributed by atoms with E-state index in [-0.39, 0.29) is 11.9 Å². The second-order valence-corrected chi connectivity index (χ2v) is 9.98. The molecule has 31 heavy (non-hydrogen) atoms. The Morgan fingerprint density at radius 2 is 1.81 bits per heavy atom. The SMILES string of the molecule is COc1ccc(N2CCN(C(=O)CN3CCc4sccc4C3c3cccs3)CC2)cc1. The van der Waals surface area contributed by atoms with Gasteiger partial charge in [-0.25, -0.2) is 0 Å². The summed E-state index contributed by atoms with van der Waals surface area (Å²) in [4.78, 5) is 22.8. The summed E-state index contributed by atoms with van der Waals surface area (Å²) in [5.74, 6) is 1.11. The lowest BCUT2D eigenvalue weighted by molar-refractivity contribution is -0.133. The van der Waals surface area contributed by atoms with Crippen molar-refractivity contribution in [2.24, 2.45) is 0 Å². The minimum Gasteiger partial charge on any atom is -0.497 e. The zero-order chi connectivity index (χ0) is 21.2. The molecule has 2 aliphatic rings. The molecule has 1 unspecified atom stereocenters. The van der Waals surface area contributed by atoms with Crippen LogP contribution in [0.5, 0.6) is 5.75 Å². The van der Waals surface area contributed by atoms with Gasteiger partial charge in [-0.2, -0.15) is 0 Å². The van der Waals surface area contributed by atoms with Crippen LogP contribution in [0.1, 0.15) is 21.4 Å². The summed E-state index contributed by atoms with van der Waals surface area (Å²) in [6.07, 6.45) is 1.04. The van der Waals surface area contributed by atoms with Gasteiger partial charge in [0, 0.05) is 48.2 Å². The van der Waals surface area contributed by atoms with E-state index in [0.29, 0.717) is 6.54 Å². The zero-order valence-corrected chi connectivity index (χ0v) is 19.3. The third kappa shape index (κ3) is 4.22. The highest BCUT2D eigenvalue weighted by atomic mass is 32.1. The molecule has 1 amide bonds. The molecule has 5 rings (SSSR count). The number of methoxy groups -OCH3 is 1. The van der Waals surface area contributed by atoms with E-state index in [1.165, 1.54) is 21.0 Å². The fourth-order valence-electron chi connectivity index (χ4n) is 4.60.